The van der Waals surface area contributed by atoms with Crippen molar-refractivity contribution >= 4 is 63.8 Å². The van der Waals surface area contributed by atoms with Crippen LogP contribution in [0.2, 0.25) is 10.0 Å². The summed E-state index contributed by atoms with van der Waals surface area (Å²) in [5.74, 6) is 0.205. The van der Waals surface area contributed by atoms with Crippen molar-refractivity contribution in [2.75, 3.05) is 19.0 Å². The van der Waals surface area contributed by atoms with E-state index in [1.807, 2.05) is 0 Å². The number of hydrogen-bond acceptors (Lipinski definition) is 6. The van der Waals surface area contributed by atoms with Crippen LogP contribution in [0.15, 0.2) is 63.9 Å². The Balaban J connectivity index is 1.47. The number of hydrogen-bond donors (Lipinski definition) is 1. The Morgan fingerprint density at radius 1 is 1.15 bits per heavy atom. The van der Waals surface area contributed by atoms with Crippen molar-refractivity contribution in [1.29, 1.82) is 0 Å². The first-order valence-electron chi connectivity index (χ1n) is 9.59. The van der Waals surface area contributed by atoms with Gasteiger partial charge in [0.05, 0.1) is 22.7 Å². The third-order valence-electron chi connectivity index (χ3n) is 4.65. The van der Waals surface area contributed by atoms with E-state index >= 15 is 0 Å². The monoisotopic (exact) mass is 502 g/mol. The molecular formula is C23H16Cl2N2O5S. The average molecular weight is 503 g/mol. The van der Waals surface area contributed by atoms with Crippen LogP contribution in [0.1, 0.15) is 5.76 Å². The number of amides is 3. The second-order valence-electron chi connectivity index (χ2n) is 6.84. The molecule has 0 bridgehead atoms. The molecule has 168 valence electrons. The highest BCUT2D eigenvalue weighted by molar-refractivity contribution is 8.18. The number of ether oxygens (including phenoxy) is 1. The maximum atomic E-state index is 12.7. The maximum absolute atomic E-state index is 12.7. The molecule has 3 aromatic rings. The Morgan fingerprint density at radius 2 is 1.94 bits per heavy atom. The molecule has 2 aromatic carbocycles. The molecule has 0 radical (unpaired) electrons. The predicted molar refractivity (Wildman–Crippen MR) is 128 cm³/mol. The van der Waals surface area contributed by atoms with Gasteiger partial charge in [0.15, 0.2) is 0 Å². The first-order valence-corrected chi connectivity index (χ1v) is 11.2. The molecule has 7 nitrogen and oxygen atoms in total. The Kier molecular flexibility index (Phi) is 6.78. The van der Waals surface area contributed by atoms with Gasteiger partial charge in [0.1, 0.15) is 23.8 Å². The van der Waals surface area contributed by atoms with Gasteiger partial charge in [-0.1, -0.05) is 35.3 Å². The number of thioether (sulfide) groups is 1. The number of imide groups is 1. The number of nitrogens with one attached hydrogen (secondary N) is 1. The number of para-hydroxylation sites is 2. The molecule has 0 spiro atoms. The van der Waals surface area contributed by atoms with Crippen molar-refractivity contribution in [2.24, 2.45) is 0 Å². The molecule has 3 amide bonds. The van der Waals surface area contributed by atoms with Crippen LogP contribution in [0.5, 0.6) is 5.75 Å². The maximum Gasteiger partial charge on any atom is 0.294 e. The van der Waals surface area contributed by atoms with Crippen LogP contribution >= 0.6 is 35.0 Å². The molecule has 1 aliphatic rings. The van der Waals surface area contributed by atoms with E-state index in [1.54, 1.807) is 54.6 Å². The molecule has 1 N–H and O–H groups in total. The number of methoxy groups -OCH3 is 1. The third-order valence-corrected chi connectivity index (χ3v) is 6.11. The Hall–Kier alpha value is -3.20. The minimum absolute atomic E-state index is 0.146. The fraction of sp³-hybridized carbons (Fsp3) is 0.0870. The van der Waals surface area contributed by atoms with Crippen molar-refractivity contribution in [1.82, 2.24) is 4.90 Å². The molecule has 10 heteroatoms. The number of nitrogens with zero attached hydrogens (tertiary/aromatic N) is 1. The summed E-state index contributed by atoms with van der Waals surface area (Å²) in [7, 11) is 1.48. The zero-order valence-corrected chi connectivity index (χ0v) is 19.5. The molecule has 2 heterocycles. The highest BCUT2D eigenvalue weighted by Gasteiger charge is 2.36. The van der Waals surface area contributed by atoms with Crippen molar-refractivity contribution in [3.8, 4) is 17.1 Å². The van der Waals surface area contributed by atoms with E-state index in [4.69, 9.17) is 32.4 Å². The molecule has 1 fully saturated rings. The minimum atomic E-state index is -0.581. The van der Waals surface area contributed by atoms with Crippen molar-refractivity contribution in [2.45, 2.75) is 0 Å². The molecule has 0 saturated carbocycles. The number of halogens is 2. The summed E-state index contributed by atoms with van der Waals surface area (Å²) in [5, 5.41) is 3.02. The summed E-state index contributed by atoms with van der Waals surface area (Å²) in [5.41, 5.74) is 1.08. The molecule has 33 heavy (non-hydrogen) atoms. The summed E-state index contributed by atoms with van der Waals surface area (Å²) in [6.45, 7) is -0.427. The summed E-state index contributed by atoms with van der Waals surface area (Å²) in [4.78, 5) is 38.5. The predicted octanol–water partition coefficient (Wildman–Crippen LogP) is 5.94. The normalized spacial score (nSPS) is 14.8. The topological polar surface area (TPSA) is 88.8 Å². The van der Waals surface area contributed by atoms with Crippen LogP contribution < -0.4 is 10.1 Å². The van der Waals surface area contributed by atoms with Crippen molar-refractivity contribution < 1.29 is 23.5 Å². The molecule has 4 rings (SSSR count). The quantitative estimate of drug-likeness (QED) is 0.419. The number of benzene rings is 2. The zero-order valence-electron chi connectivity index (χ0n) is 17.1. The lowest BCUT2D eigenvalue weighted by Gasteiger charge is -2.14. The van der Waals surface area contributed by atoms with Gasteiger partial charge in [-0.25, -0.2) is 0 Å². The first-order chi connectivity index (χ1) is 15.9. The van der Waals surface area contributed by atoms with Gasteiger partial charge in [-0.2, -0.15) is 0 Å². The van der Waals surface area contributed by atoms with Gasteiger partial charge in [0.2, 0.25) is 5.91 Å². The van der Waals surface area contributed by atoms with E-state index < -0.39 is 23.6 Å². The fourth-order valence-electron chi connectivity index (χ4n) is 3.11. The SMILES string of the molecule is COc1ccccc1NC(=O)CN1C(=O)S/C(=C/c2ccc(-c3ccc(Cl)cc3Cl)o2)C1=O. The van der Waals surface area contributed by atoms with Gasteiger partial charge in [0.25, 0.3) is 11.1 Å². The number of rotatable bonds is 6. The summed E-state index contributed by atoms with van der Waals surface area (Å²) in [6.07, 6.45) is 1.45. The number of carbonyl (C=O) groups is 3. The lowest BCUT2D eigenvalue weighted by atomic mass is 10.2. The lowest BCUT2D eigenvalue weighted by molar-refractivity contribution is -0.127. The molecule has 0 unspecified atom stereocenters. The Bertz CT molecular complexity index is 1290. The second-order valence-corrected chi connectivity index (χ2v) is 8.68. The second kappa shape index (κ2) is 9.74. The lowest BCUT2D eigenvalue weighted by Crippen LogP contribution is -2.36. The molecular weight excluding hydrogens is 487 g/mol. The van der Waals surface area contributed by atoms with E-state index in [2.05, 4.69) is 5.32 Å². The molecule has 0 atom stereocenters. The van der Waals surface area contributed by atoms with Crippen LogP contribution in [-0.4, -0.2) is 35.6 Å². The summed E-state index contributed by atoms with van der Waals surface area (Å²) >= 11 is 12.9. The van der Waals surface area contributed by atoms with Crippen LogP contribution in [0.3, 0.4) is 0 Å². The smallest absolute Gasteiger partial charge is 0.294 e. The number of anilines is 1. The summed E-state index contributed by atoms with van der Waals surface area (Å²) < 4.78 is 11.0. The number of furan rings is 1. The van der Waals surface area contributed by atoms with Crippen molar-refractivity contribution in [3.05, 3.63) is 75.3 Å². The van der Waals surface area contributed by atoms with Gasteiger partial charge < -0.3 is 14.5 Å². The molecule has 1 aliphatic heterocycles. The van der Waals surface area contributed by atoms with Gasteiger partial charge in [0, 0.05) is 16.7 Å². The zero-order chi connectivity index (χ0) is 23.5. The van der Waals surface area contributed by atoms with E-state index in [9.17, 15) is 14.4 Å². The van der Waals surface area contributed by atoms with E-state index in [0.29, 0.717) is 38.6 Å². The standard InChI is InChI=1S/C23H16Cl2N2O5S/c1-31-19-5-3-2-4-17(19)26-21(28)12-27-22(29)20(33-23(27)30)11-14-7-9-18(32-14)15-8-6-13(24)10-16(15)25/h2-11H,12H2,1H3,(H,26,28)/b20-11+. The van der Waals surface area contributed by atoms with Crippen LogP contribution in [-0.2, 0) is 9.59 Å². The molecule has 1 aromatic heterocycles. The van der Waals surface area contributed by atoms with Crippen molar-refractivity contribution in [3.63, 3.8) is 0 Å². The van der Waals surface area contributed by atoms with Crippen LogP contribution in [0.4, 0.5) is 10.5 Å². The largest absolute Gasteiger partial charge is 0.495 e. The third kappa shape index (κ3) is 5.08. The number of carbonyl (C=O) groups excluding carboxylic acids is 3. The van der Waals surface area contributed by atoms with Crippen LogP contribution in [0.25, 0.3) is 17.4 Å². The minimum Gasteiger partial charge on any atom is -0.495 e. The Morgan fingerprint density at radius 3 is 2.70 bits per heavy atom. The highest BCUT2D eigenvalue weighted by Crippen LogP contribution is 2.35. The highest BCUT2D eigenvalue weighted by atomic mass is 35.5. The van der Waals surface area contributed by atoms with E-state index in [1.165, 1.54) is 13.2 Å². The average Bonchev–Trinajstić information content (AvgIpc) is 3.34. The van der Waals surface area contributed by atoms with Crippen LogP contribution in [0, 0.1) is 0 Å². The molecule has 1 saturated heterocycles. The molecule has 0 aliphatic carbocycles. The van der Waals surface area contributed by atoms with Gasteiger partial charge in [-0.15, -0.1) is 0 Å². The van der Waals surface area contributed by atoms with Gasteiger partial charge >= 0.3 is 0 Å². The summed E-state index contributed by atoms with van der Waals surface area (Å²) in [6, 6.07) is 15.2. The van der Waals surface area contributed by atoms with Gasteiger partial charge in [-0.3, -0.25) is 19.3 Å². The first kappa shape index (κ1) is 23.0. The van der Waals surface area contributed by atoms with E-state index in [0.717, 1.165) is 16.7 Å². The van der Waals surface area contributed by atoms with Gasteiger partial charge in [-0.05, 0) is 54.2 Å². The van der Waals surface area contributed by atoms with E-state index in [-0.39, 0.29) is 4.91 Å². The fourth-order valence-corrected chi connectivity index (χ4v) is 4.43. The Labute approximate surface area is 203 Å².